The second-order valence-corrected chi connectivity index (χ2v) is 2.60. The van der Waals surface area contributed by atoms with Crippen LogP contribution in [0.15, 0.2) is 35.4 Å². The highest BCUT2D eigenvalue weighted by Crippen LogP contribution is 2.13. The molecule has 0 spiro atoms. The van der Waals surface area contributed by atoms with Gasteiger partial charge in [-0.1, -0.05) is 0 Å². The molecule has 0 aliphatic rings. The Morgan fingerprint density at radius 3 is 2.58 bits per heavy atom. The maximum Gasteiger partial charge on any atom is 0.162 e. The monoisotopic (exact) mass is 160 g/mol. The number of nitrogens with zero attached hydrogens (tertiary/aromatic N) is 2. The average molecular weight is 160 g/mol. The summed E-state index contributed by atoms with van der Waals surface area (Å²) in [5.41, 5.74) is 1.97. The standard InChI is InChI=1S/C9H8N2O/c1-7-4-10-9(11-5-7)8-2-3-12-6-8/h2-6H,1H3. The second kappa shape index (κ2) is 2.77. The van der Waals surface area contributed by atoms with Gasteiger partial charge >= 0.3 is 0 Å². The predicted octanol–water partition coefficient (Wildman–Crippen LogP) is 2.05. The highest BCUT2D eigenvalue weighted by Gasteiger charge is 1.99. The largest absolute Gasteiger partial charge is 0.472 e. The molecule has 2 rings (SSSR count). The summed E-state index contributed by atoms with van der Waals surface area (Å²) in [6, 6.07) is 1.84. The van der Waals surface area contributed by atoms with Gasteiger partial charge in [-0.3, -0.25) is 0 Å². The van der Waals surface area contributed by atoms with E-state index in [4.69, 9.17) is 4.42 Å². The Morgan fingerprint density at radius 2 is 2.00 bits per heavy atom. The van der Waals surface area contributed by atoms with Crippen LogP contribution in [0.4, 0.5) is 0 Å². The van der Waals surface area contributed by atoms with Gasteiger partial charge in [0.2, 0.25) is 0 Å². The summed E-state index contributed by atoms with van der Waals surface area (Å²) in [7, 11) is 0. The van der Waals surface area contributed by atoms with Crippen molar-refractivity contribution in [2.24, 2.45) is 0 Å². The summed E-state index contributed by atoms with van der Waals surface area (Å²) >= 11 is 0. The predicted molar refractivity (Wildman–Crippen MR) is 44.5 cm³/mol. The maximum absolute atomic E-state index is 4.92. The molecule has 0 aliphatic heterocycles. The SMILES string of the molecule is Cc1cnc(-c2ccoc2)nc1. The van der Waals surface area contributed by atoms with E-state index in [0.717, 1.165) is 11.1 Å². The maximum atomic E-state index is 4.92. The van der Waals surface area contributed by atoms with Crippen LogP contribution < -0.4 is 0 Å². The van der Waals surface area contributed by atoms with E-state index in [1.54, 1.807) is 24.9 Å². The van der Waals surface area contributed by atoms with Gasteiger partial charge in [0, 0.05) is 12.4 Å². The average Bonchev–Trinajstić information content (AvgIpc) is 2.58. The van der Waals surface area contributed by atoms with E-state index in [1.807, 2.05) is 13.0 Å². The first-order chi connectivity index (χ1) is 5.86. The Morgan fingerprint density at radius 1 is 1.25 bits per heavy atom. The van der Waals surface area contributed by atoms with Crippen LogP contribution in [-0.2, 0) is 0 Å². The van der Waals surface area contributed by atoms with Crippen LogP contribution in [0.2, 0.25) is 0 Å². The lowest BCUT2D eigenvalue weighted by Crippen LogP contribution is -1.86. The summed E-state index contributed by atoms with van der Waals surface area (Å²) in [5, 5.41) is 0. The molecule has 0 atom stereocenters. The van der Waals surface area contributed by atoms with Crippen LogP contribution in [0, 0.1) is 6.92 Å². The fourth-order valence-corrected chi connectivity index (χ4v) is 0.933. The number of hydrogen-bond acceptors (Lipinski definition) is 3. The fourth-order valence-electron chi connectivity index (χ4n) is 0.933. The zero-order valence-corrected chi connectivity index (χ0v) is 6.69. The third kappa shape index (κ3) is 1.21. The molecule has 0 N–H and O–H groups in total. The minimum Gasteiger partial charge on any atom is -0.472 e. The van der Waals surface area contributed by atoms with Gasteiger partial charge in [0.15, 0.2) is 5.82 Å². The summed E-state index contributed by atoms with van der Waals surface area (Å²) < 4.78 is 4.92. The van der Waals surface area contributed by atoms with E-state index in [9.17, 15) is 0 Å². The molecule has 0 saturated heterocycles. The molecule has 0 bridgehead atoms. The van der Waals surface area contributed by atoms with Crippen LogP contribution in [0.5, 0.6) is 0 Å². The van der Waals surface area contributed by atoms with Gasteiger partial charge < -0.3 is 4.42 Å². The Hall–Kier alpha value is -1.64. The molecular weight excluding hydrogens is 152 g/mol. The van der Waals surface area contributed by atoms with Crippen molar-refractivity contribution in [3.63, 3.8) is 0 Å². The minimum atomic E-state index is 0.703. The lowest BCUT2D eigenvalue weighted by Gasteiger charge is -1.94. The lowest BCUT2D eigenvalue weighted by molar-refractivity contribution is 0.568. The molecule has 60 valence electrons. The van der Waals surface area contributed by atoms with Crippen LogP contribution in [0.3, 0.4) is 0 Å². The van der Waals surface area contributed by atoms with Crippen molar-refractivity contribution >= 4 is 0 Å². The second-order valence-electron chi connectivity index (χ2n) is 2.60. The van der Waals surface area contributed by atoms with Gasteiger partial charge in [0.25, 0.3) is 0 Å². The molecule has 2 aromatic heterocycles. The van der Waals surface area contributed by atoms with Gasteiger partial charge in [-0.2, -0.15) is 0 Å². The van der Waals surface area contributed by atoms with E-state index in [2.05, 4.69) is 9.97 Å². The molecule has 0 fully saturated rings. The molecule has 3 nitrogen and oxygen atoms in total. The van der Waals surface area contributed by atoms with Crippen LogP contribution in [-0.4, -0.2) is 9.97 Å². The Bertz CT molecular complexity index is 351. The first-order valence-electron chi connectivity index (χ1n) is 3.67. The minimum absolute atomic E-state index is 0.703. The quantitative estimate of drug-likeness (QED) is 0.640. The smallest absolute Gasteiger partial charge is 0.162 e. The Kier molecular flexibility index (Phi) is 1.63. The van der Waals surface area contributed by atoms with Crippen molar-refractivity contribution in [2.75, 3.05) is 0 Å². The normalized spacial score (nSPS) is 10.1. The number of hydrogen-bond donors (Lipinski definition) is 0. The molecule has 0 unspecified atom stereocenters. The molecule has 0 radical (unpaired) electrons. The third-order valence-corrected chi connectivity index (χ3v) is 1.56. The molecule has 0 aliphatic carbocycles. The summed E-state index contributed by atoms with van der Waals surface area (Å²) in [6.07, 6.45) is 6.81. The Balaban J connectivity index is 2.43. The number of aromatic nitrogens is 2. The lowest BCUT2D eigenvalue weighted by atomic mass is 10.3. The number of aryl methyl sites for hydroxylation is 1. The van der Waals surface area contributed by atoms with Crippen molar-refractivity contribution < 1.29 is 4.42 Å². The zero-order chi connectivity index (χ0) is 8.39. The number of furan rings is 1. The van der Waals surface area contributed by atoms with E-state index >= 15 is 0 Å². The molecule has 0 amide bonds. The van der Waals surface area contributed by atoms with Gasteiger partial charge in [0.1, 0.15) is 6.26 Å². The van der Waals surface area contributed by atoms with Crippen LogP contribution in [0.1, 0.15) is 5.56 Å². The number of rotatable bonds is 1. The van der Waals surface area contributed by atoms with Gasteiger partial charge in [-0.25, -0.2) is 9.97 Å². The molecule has 12 heavy (non-hydrogen) atoms. The van der Waals surface area contributed by atoms with E-state index in [0.29, 0.717) is 5.82 Å². The van der Waals surface area contributed by atoms with E-state index < -0.39 is 0 Å². The van der Waals surface area contributed by atoms with Crippen LogP contribution in [0.25, 0.3) is 11.4 Å². The molecular formula is C9H8N2O. The molecule has 0 aromatic carbocycles. The van der Waals surface area contributed by atoms with Gasteiger partial charge in [0.05, 0.1) is 11.8 Å². The molecule has 3 heteroatoms. The summed E-state index contributed by atoms with van der Waals surface area (Å²) in [4.78, 5) is 8.30. The highest BCUT2D eigenvalue weighted by atomic mass is 16.3. The van der Waals surface area contributed by atoms with Gasteiger partial charge in [-0.15, -0.1) is 0 Å². The highest BCUT2D eigenvalue weighted by molar-refractivity contribution is 5.51. The summed E-state index contributed by atoms with van der Waals surface area (Å²) in [6.45, 7) is 1.96. The topological polar surface area (TPSA) is 38.9 Å². The van der Waals surface area contributed by atoms with Crippen molar-refractivity contribution in [3.8, 4) is 11.4 Å². The van der Waals surface area contributed by atoms with Gasteiger partial charge in [-0.05, 0) is 18.6 Å². The molecule has 0 saturated carbocycles. The zero-order valence-electron chi connectivity index (χ0n) is 6.69. The fraction of sp³-hybridized carbons (Fsp3) is 0.111. The van der Waals surface area contributed by atoms with Crippen molar-refractivity contribution in [2.45, 2.75) is 6.92 Å². The first kappa shape index (κ1) is 7.03. The first-order valence-corrected chi connectivity index (χ1v) is 3.67. The van der Waals surface area contributed by atoms with Crippen molar-refractivity contribution in [1.29, 1.82) is 0 Å². The third-order valence-electron chi connectivity index (χ3n) is 1.56. The Labute approximate surface area is 70.1 Å². The van der Waals surface area contributed by atoms with Crippen molar-refractivity contribution in [1.82, 2.24) is 9.97 Å². The van der Waals surface area contributed by atoms with E-state index in [-0.39, 0.29) is 0 Å². The summed E-state index contributed by atoms with van der Waals surface area (Å²) in [5.74, 6) is 0.703. The van der Waals surface area contributed by atoms with E-state index in [1.165, 1.54) is 0 Å². The molecule has 2 aromatic rings. The van der Waals surface area contributed by atoms with Crippen LogP contribution >= 0.6 is 0 Å². The molecule has 2 heterocycles. The van der Waals surface area contributed by atoms with Crippen molar-refractivity contribution in [3.05, 3.63) is 36.5 Å².